The zero-order chi connectivity index (χ0) is 6.10. The van der Waals surface area contributed by atoms with Crippen molar-refractivity contribution >= 4 is 12.4 Å². The molecule has 0 fully saturated rings. The minimum atomic E-state index is 0. The molecule has 0 aliphatic carbocycles. The van der Waals surface area contributed by atoms with Gasteiger partial charge in [0, 0.05) is 10.4 Å². The number of quaternary nitrogens is 1. The molecule has 2 heteroatoms. The third kappa shape index (κ3) is 1.22. The summed E-state index contributed by atoms with van der Waals surface area (Å²) in [5.74, 6) is 0. The first-order valence-corrected chi connectivity index (χ1v) is 3.07. The number of benzene rings is 1. The quantitative estimate of drug-likeness (QED) is 0.446. The number of hydrogen-bond donors (Lipinski definition) is 1. The zero-order valence-electron chi connectivity index (χ0n) is 5.42. The maximum absolute atomic E-state index is 2.12. The molecule has 0 saturated heterocycles. The van der Waals surface area contributed by atoms with Gasteiger partial charge in [-0.15, -0.1) is 0 Å². The molecule has 0 atom stereocenters. The summed E-state index contributed by atoms with van der Waals surface area (Å²) < 4.78 is 0. The van der Waals surface area contributed by atoms with Crippen LogP contribution in [0, 0.1) is 0 Å². The third-order valence-corrected chi connectivity index (χ3v) is 1.55. The summed E-state index contributed by atoms with van der Waals surface area (Å²) in [5.41, 5.74) is 0. The van der Waals surface area contributed by atoms with Crippen molar-refractivity contribution in [3.05, 3.63) is 34.7 Å². The lowest BCUT2D eigenvalue weighted by Gasteiger charge is -1.75. The van der Waals surface area contributed by atoms with E-state index in [1.165, 1.54) is 10.4 Å². The molecule has 1 aliphatic rings. The topological polar surface area (TPSA) is 16.6 Å². The van der Waals surface area contributed by atoms with Gasteiger partial charge in [0.2, 0.25) is 0 Å². The van der Waals surface area contributed by atoms with E-state index < -0.39 is 0 Å². The van der Waals surface area contributed by atoms with Gasteiger partial charge in [0.05, 0.1) is 0 Å². The van der Waals surface area contributed by atoms with Crippen LogP contribution in [0.5, 0.6) is 0 Å². The molecule has 0 unspecified atom stereocenters. The molecule has 1 aromatic rings. The number of nitrogens with two attached hydrogens (primary N) is 1. The number of hydrogen-bond acceptors (Lipinski definition) is 0. The fraction of sp³-hybridized carbons (Fsp3) is 0. The summed E-state index contributed by atoms with van der Waals surface area (Å²) in [5, 5.41) is 4.74. The van der Waals surface area contributed by atoms with Crippen molar-refractivity contribution in [2.75, 3.05) is 0 Å². The normalized spacial score (nSPS) is 12.4. The van der Waals surface area contributed by atoms with Gasteiger partial charge in [-0.3, -0.25) is 5.32 Å². The van der Waals surface area contributed by atoms with E-state index in [1.54, 1.807) is 0 Å². The molecule has 0 spiro atoms. The van der Waals surface area contributed by atoms with E-state index in [0.717, 1.165) is 0 Å². The molecule has 1 aromatic carbocycles. The second kappa shape index (κ2) is 3.16. The number of halogens is 1. The van der Waals surface area contributed by atoms with Crippen LogP contribution in [0.3, 0.4) is 0 Å². The van der Waals surface area contributed by atoms with E-state index >= 15 is 0 Å². The monoisotopic (exact) mass is 245 g/mol. The Labute approximate surface area is 76.5 Å². The van der Waals surface area contributed by atoms with Crippen LogP contribution in [-0.4, -0.2) is 0 Å². The van der Waals surface area contributed by atoms with Crippen molar-refractivity contribution in [1.29, 1.82) is 0 Å². The van der Waals surface area contributed by atoms with Crippen LogP contribution in [0.4, 0.5) is 0 Å². The molecular formula is C8H8IN. The minimum Gasteiger partial charge on any atom is -1.00 e. The molecule has 0 bridgehead atoms. The standard InChI is InChI=1S/C8H7N.HI/c1-2-4-8-6-9-5-7(8)3-1;/h1-6,9H;1H. The lowest BCUT2D eigenvalue weighted by Crippen LogP contribution is -3.00. The average Bonchev–Trinajstić information content (AvgIpc) is 2.33. The number of fused-ring (bicyclic) bond motifs is 1. The SMILES string of the molecule is C1=c2ccccc2=C[NH2+]1.[I-]. The van der Waals surface area contributed by atoms with Crippen molar-refractivity contribution in [2.45, 2.75) is 0 Å². The molecule has 10 heavy (non-hydrogen) atoms. The van der Waals surface area contributed by atoms with Gasteiger partial charge in [0.1, 0.15) is 12.4 Å². The van der Waals surface area contributed by atoms with Gasteiger partial charge in [-0.05, 0) is 12.1 Å². The summed E-state index contributed by atoms with van der Waals surface area (Å²) in [7, 11) is 0. The lowest BCUT2D eigenvalue weighted by molar-refractivity contribution is -0.433. The van der Waals surface area contributed by atoms with Crippen LogP contribution in [0.25, 0.3) is 12.4 Å². The molecule has 1 heterocycles. The molecule has 2 N–H and O–H groups in total. The summed E-state index contributed by atoms with van der Waals surface area (Å²) in [6.45, 7) is 0. The predicted molar refractivity (Wildman–Crippen MR) is 36.5 cm³/mol. The van der Waals surface area contributed by atoms with Gasteiger partial charge in [-0.25, -0.2) is 0 Å². The van der Waals surface area contributed by atoms with Crippen molar-refractivity contribution in [3.63, 3.8) is 0 Å². The van der Waals surface area contributed by atoms with Crippen LogP contribution in [0.15, 0.2) is 24.3 Å². The fourth-order valence-corrected chi connectivity index (χ4v) is 1.07. The summed E-state index contributed by atoms with van der Waals surface area (Å²) in [6.07, 6.45) is 4.24. The van der Waals surface area contributed by atoms with Gasteiger partial charge >= 0.3 is 0 Å². The first kappa shape index (κ1) is 7.75. The largest absolute Gasteiger partial charge is 1.00 e. The Kier molecular flexibility index (Phi) is 2.45. The second-order valence-electron chi connectivity index (χ2n) is 2.15. The molecule has 1 aliphatic heterocycles. The van der Waals surface area contributed by atoms with Gasteiger partial charge in [-0.1, -0.05) is 12.1 Å². The second-order valence-corrected chi connectivity index (χ2v) is 2.15. The van der Waals surface area contributed by atoms with Crippen molar-refractivity contribution in [3.8, 4) is 0 Å². The highest BCUT2D eigenvalue weighted by Crippen LogP contribution is 1.69. The maximum Gasteiger partial charge on any atom is 0.105 e. The Morgan fingerprint density at radius 3 is 1.90 bits per heavy atom. The Morgan fingerprint density at radius 2 is 1.40 bits per heavy atom. The van der Waals surface area contributed by atoms with Crippen molar-refractivity contribution < 1.29 is 29.3 Å². The van der Waals surface area contributed by atoms with Gasteiger partial charge in [0.25, 0.3) is 0 Å². The maximum atomic E-state index is 2.12. The van der Waals surface area contributed by atoms with E-state index in [9.17, 15) is 0 Å². The lowest BCUT2D eigenvalue weighted by atomic mass is 10.3. The summed E-state index contributed by atoms with van der Waals surface area (Å²) in [6, 6.07) is 8.36. The Hall–Kier alpha value is -0.350. The molecule has 2 rings (SSSR count). The molecule has 0 amide bonds. The van der Waals surface area contributed by atoms with Crippen molar-refractivity contribution in [2.24, 2.45) is 0 Å². The molecule has 0 radical (unpaired) electrons. The highest BCUT2D eigenvalue weighted by atomic mass is 127. The van der Waals surface area contributed by atoms with E-state index in [1.807, 2.05) is 0 Å². The van der Waals surface area contributed by atoms with Crippen LogP contribution in [-0.2, 0) is 0 Å². The molecule has 0 saturated carbocycles. The average molecular weight is 245 g/mol. The van der Waals surface area contributed by atoms with E-state index in [2.05, 4.69) is 42.0 Å². The molecule has 0 aromatic heterocycles. The van der Waals surface area contributed by atoms with E-state index in [-0.39, 0.29) is 24.0 Å². The fourth-order valence-electron chi connectivity index (χ4n) is 1.07. The van der Waals surface area contributed by atoms with Gasteiger partial charge < -0.3 is 24.0 Å². The highest BCUT2D eigenvalue weighted by molar-refractivity contribution is 5.29. The smallest absolute Gasteiger partial charge is 0.105 e. The molecule has 1 nitrogen and oxygen atoms in total. The van der Waals surface area contributed by atoms with Crippen LogP contribution < -0.4 is 39.7 Å². The minimum absolute atomic E-state index is 0. The molecule has 52 valence electrons. The van der Waals surface area contributed by atoms with Crippen LogP contribution in [0.1, 0.15) is 0 Å². The van der Waals surface area contributed by atoms with E-state index in [4.69, 9.17) is 0 Å². The Bertz CT molecular complexity index is 296. The van der Waals surface area contributed by atoms with Gasteiger partial charge in [0.15, 0.2) is 0 Å². The van der Waals surface area contributed by atoms with Crippen molar-refractivity contribution in [1.82, 2.24) is 0 Å². The summed E-state index contributed by atoms with van der Waals surface area (Å²) >= 11 is 0. The van der Waals surface area contributed by atoms with Gasteiger partial charge in [-0.2, -0.15) is 0 Å². The number of rotatable bonds is 0. The first-order valence-electron chi connectivity index (χ1n) is 3.07. The van der Waals surface area contributed by atoms with E-state index in [0.29, 0.717) is 0 Å². The van der Waals surface area contributed by atoms with Crippen LogP contribution in [0.2, 0.25) is 0 Å². The molecular weight excluding hydrogens is 237 g/mol. The highest BCUT2D eigenvalue weighted by Gasteiger charge is 1.91. The summed E-state index contributed by atoms with van der Waals surface area (Å²) in [4.78, 5) is 0. The first-order chi connectivity index (χ1) is 4.47. The zero-order valence-corrected chi connectivity index (χ0v) is 7.58. The Morgan fingerprint density at radius 1 is 0.900 bits per heavy atom. The third-order valence-electron chi connectivity index (χ3n) is 1.55. The Balaban J connectivity index is 0.000000500. The predicted octanol–water partition coefficient (Wildman–Crippen LogP) is -4.26. The van der Waals surface area contributed by atoms with Crippen LogP contribution >= 0.6 is 0 Å².